The zero-order valence-corrected chi connectivity index (χ0v) is 14.7. The first kappa shape index (κ1) is 18.0. The first-order valence-corrected chi connectivity index (χ1v) is 9.25. The van der Waals surface area contributed by atoms with Gasteiger partial charge >= 0.3 is 6.18 Å². The lowest BCUT2D eigenvalue weighted by Crippen LogP contribution is -2.47. The Hall–Kier alpha value is -2.38. The van der Waals surface area contributed by atoms with E-state index < -0.39 is 24.0 Å². The normalized spacial score (nSPS) is 22.6. The third-order valence-electron chi connectivity index (χ3n) is 5.58. The molecule has 0 saturated heterocycles. The number of aryl methyl sites for hydroxylation is 1. The van der Waals surface area contributed by atoms with Crippen molar-refractivity contribution in [2.24, 2.45) is 5.92 Å². The molecule has 2 aliphatic rings. The summed E-state index contributed by atoms with van der Waals surface area (Å²) in [4.78, 5) is 29.5. The smallest absolute Gasteiger partial charge is 0.349 e. The Bertz CT molecular complexity index is 952. The van der Waals surface area contributed by atoms with Crippen LogP contribution in [-0.2, 0) is 13.0 Å². The van der Waals surface area contributed by atoms with Gasteiger partial charge in [-0.2, -0.15) is 13.2 Å². The number of nitrogens with zero attached hydrogens (tertiary/aromatic N) is 2. The standard InChI is InChI=1S/C19H20F3N3O2/c20-19(21,22)13-4-1-2-5-14(13)24-17(26)11-7-8-12-15(10-11)23-16-6-3-9-25(16)18(12)27/h7-8,10,13-14H,1-6,9H2,(H,24,26)/t13-,14-/m1/s1. The molecule has 2 aromatic rings. The Balaban J connectivity index is 1.61. The molecule has 2 atom stereocenters. The van der Waals surface area contributed by atoms with E-state index in [4.69, 9.17) is 0 Å². The number of nitrogens with one attached hydrogen (secondary N) is 1. The second-order valence-corrected chi connectivity index (χ2v) is 7.33. The molecule has 1 aliphatic heterocycles. The number of carbonyl (C=O) groups excluding carboxylic acids is 1. The summed E-state index contributed by atoms with van der Waals surface area (Å²) in [6.45, 7) is 0.639. The molecule has 1 amide bonds. The van der Waals surface area contributed by atoms with Gasteiger partial charge in [0.1, 0.15) is 5.82 Å². The van der Waals surface area contributed by atoms with Crippen molar-refractivity contribution in [3.05, 3.63) is 39.9 Å². The summed E-state index contributed by atoms with van der Waals surface area (Å²) in [6, 6.07) is 3.60. The highest BCUT2D eigenvalue weighted by Crippen LogP contribution is 2.37. The van der Waals surface area contributed by atoms with Crippen LogP contribution >= 0.6 is 0 Å². The molecule has 1 saturated carbocycles. The van der Waals surface area contributed by atoms with Crippen molar-refractivity contribution in [3.63, 3.8) is 0 Å². The van der Waals surface area contributed by atoms with Gasteiger partial charge in [0.25, 0.3) is 11.5 Å². The molecule has 1 aliphatic carbocycles. The van der Waals surface area contributed by atoms with E-state index in [-0.39, 0.29) is 17.5 Å². The van der Waals surface area contributed by atoms with Crippen LogP contribution in [0.1, 0.15) is 48.3 Å². The number of carbonyl (C=O) groups is 1. The van der Waals surface area contributed by atoms with E-state index in [0.717, 1.165) is 6.42 Å². The predicted octanol–water partition coefficient (Wildman–Crippen LogP) is 3.19. The molecule has 0 unspecified atom stereocenters. The Morgan fingerprint density at radius 2 is 1.96 bits per heavy atom. The van der Waals surface area contributed by atoms with Crippen LogP contribution in [0.4, 0.5) is 13.2 Å². The lowest BCUT2D eigenvalue weighted by atomic mass is 9.84. The topological polar surface area (TPSA) is 64.0 Å². The van der Waals surface area contributed by atoms with Crippen LogP contribution in [0.25, 0.3) is 10.9 Å². The fraction of sp³-hybridized carbons (Fsp3) is 0.526. The first-order chi connectivity index (χ1) is 12.8. The minimum absolute atomic E-state index is 0.0383. The Labute approximate surface area is 153 Å². The maximum Gasteiger partial charge on any atom is 0.393 e. The summed E-state index contributed by atoms with van der Waals surface area (Å²) in [6.07, 6.45) is -1.22. The molecule has 0 spiro atoms. The van der Waals surface area contributed by atoms with Crippen molar-refractivity contribution in [1.29, 1.82) is 0 Å². The molecular weight excluding hydrogens is 359 g/mol. The predicted molar refractivity (Wildman–Crippen MR) is 93.6 cm³/mol. The number of hydrogen-bond donors (Lipinski definition) is 1. The van der Waals surface area contributed by atoms with Crippen LogP contribution < -0.4 is 10.9 Å². The molecule has 5 nitrogen and oxygen atoms in total. The minimum Gasteiger partial charge on any atom is -0.349 e. The Kier molecular flexibility index (Phi) is 4.44. The van der Waals surface area contributed by atoms with Crippen LogP contribution in [0.3, 0.4) is 0 Å². The summed E-state index contributed by atoms with van der Waals surface area (Å²) in [5.74, 6) is -1.38. The van der Waals surface area contributed by atoms with E-state index in [0.29, 0.717) is 49.0 Å². The molecule has 1 aromatic carbocycles. The highest BCUT2D eigenvalue weighted by Gasteiger charge is 2.46. The number of halogens is 3. The van der Waals surface area contributed by atoms with Gasteiger partial charge in [0.2, 0.25) is 0 Å². The van der Waals surface area contributed by atoms with Gasteiger partial charge in [0.15, 0.2) is 0 Å². The maximum absolute atomic E-state index is 13.2. The van der Waals surface area contributed by atoms with E-state index >= 15 is 0 Å². The summed E-state index contributed by atoms with van der Waals surface area (Å²) in [5.41, 5.74) is 0.504. The second kappa shape index (κ2) is 6.65. The van der Waals surface area contributed by atoms with Gasteiger partial charge in [-0.25, -0.2) is 4.98 Å². The average Bonchev–Trinajstić information content (AvgIpc) is 3.09. The van der Waals surface area contributed by atoms with E-state index in [1.54, 1.807) is 4.57 Å². The summed E-state index contributed by atoms with van der Waals surface area (Å²) >= 11 is 0. The van der Waals surface area contributed by atoms with Crippen LogP contribution in [0, 0.1) is 5.92 Å². The molecule has 2 heterocycles. The van der Waals surface area contributed by atoms with Crippen molar-refractivity contribution >= 4 is 16.8 Å². The third kappa shape index (κ3) is 3.33. The number of amides is 1. The van der Waals surface area contributed by atoms with Crippen LogP contribution in [0.2, 0.25) is 0 Å². The van der Waals surface area contributed by atoms with Crippen molar-refractivity contribution in [1.82, 2.24) is 14.9 Å². The fourth-order valence-electron chi connectivity index (χ4n) is 4.17. The number of alkyl halides is 3. The molecule has 4 rings (SSSR count). The van der Waals surface area contributed by atoms with Crippen LogP contribution in [0.15, 0.2) is 23.0 Å². The summed E-state index contributed by atoms with van der Waals surface area (Å²) < 4.78 is 41.3. The number of rotatable bonds is 2. The second-order valence-electron chi connectivity index (χ2n) is 7.33. The van der Waals surface area contributed by atoms with Gasteiger partial charge in [-0.15, -0.1) is 0 Å². The average molecular weight is 379 g/mol. The van der Waals surface area contributed by atoms with Crippen molar-refractivity contribution in [2.75, 3.05) is 0 Å². The number of fused-ring (bicyclic) bond motifs is 2. The summed E-state index contributed by atoms with van der Waals surface area (Å²) in [5, 5.41) is 2.97. The first-order valence-electron chi connectivity index (χ1n) is 9.25. The molecule has 144 valence electrons. The largest absolute Gasteiger partial charge is 0.393 e. The van der Waals surface area contributed by atoms with Gasteiger partial charge in [-0.05, 0) is 37.5 Å². The number of aromatic nitrogens is 2. The molecule has 1 fully saturated rings. The van der Waals surface area contributed by atoms with Gasteiger partial charge in [0.05, 0.1) is 16.8 Å². The zero-order valence-electron chi connectivity index (χ0n) is 14.7. The number of hydrogen-bond acceptors (Lipinski definition) is 3. The van der Waals surface area contributed by atoms with Crippen molar-refractivity contribution < 1.29 is 18.0 Å². The monoisotopic (exact) mass is 379 g/mol. The molecule has 1 aromatic heterocycles. The quantitative estimate of drug-likeness (QED) is 0.872. The zero-order chi connectivity index (χ0) is 19.2. The fourth-order valence-corrected chi connectivity index (χ4v) is 4.17. The van der Waals surface area contributed by atoms with Crippen molar-refractivity contribution in [2.45, 2.75) is 57.3 Å². The lowest BCUT2D eigenvalue weighted by Gasteiger charge is -2.33. The van der Waals surface area contributed by atoms with E-state index in [1.165, 1.54) is 18.2 Å². The van der Waals surface area contributed by atoms with Gasteiger partial charge in [-0.3, -0.25) is 14.2 Å². The lowest BCUT2D eigenvalue weighted by molar-refractivity contribution is -0.187. The van der Waals surface area contributed by atoms with E-state index in [9.17, 15) is 22.8 Å². The molecule has 1 N–H and O–H groups in total. The Morgan fingerprint density at radius 3 is 2.74 bits per heavy atom. The third-order valence-corrected chi connectivity index (χ3v) is 5.58. The maximum atomic E-state index is 13.2. The van der Waals surface area contributed by atoms with Crippen molar-refractivity contribution in [3.8, 4) is 0 Å². The molecule has 0 radical (unpaired) electrons. The summed E-state index contributed by atoms with van der Waals surface area (Å²) in [7, 11) is 0. The van der Waals surface area contributed by atoms with E-state index in [2.05, 4.69) is 10.3 Å². The molecule has 27 heavy (non-hydrogen) atoms. The molecule has 8 heteroatoms. The number of benzene rings is 1. The van der Waals surface area contributed by atoms with Crippen LogP contribution in [0.5, 0.6) is 0 Å². The Morgan fingerprint density at radius 1 is 1.19 bits per heavy atom. The van der Waals surface area contributed by atoms with Gasteiger partial charge in [0, 0.05) is 24.6 Å². The van der Waals surface area contributed by atoms with Crippen LogP contribution in [-0.4, -0.2) is 27.7 Å². The minimum atomic E-state index is -4.32. The van der Waals surface area contributed by atoms with Gasteiger partial charge in [-0.1, -0.05) is 12.8 Å². The highest BCUT2D eigenvalue weighted by atomic mass is 19.4. The molecular formula is C19H20F3N3O2. The molecule has 0 bridgehead atoms. The van der Waals surface area contributed by atoms with Gasteiger partial charge < -0.3 is 5.32 Å². The SMILES string of the molecule is O=C(N[C@@H]1CCCC[C@H]1C(F)(F)F)c1ccc2c(=O)n3c(nc2c1)CCC3. The highest BCUT2D eigenvalue weighted by molar-refractivity contribution is 5.97. The van der Waals surface area contributed by atoms with E-state index in [1.807, 2.05) is 0 Å².